The minimum absolute atomic E-state index is 0.0823. The van der Waals surface area contributed by atoms with E-state index in [1.165, 1.54) is 24.3 Å². The molecular weight excluding hydrogens is 751 g/mol. The largest absolute Gasteiger partial charge is 0.466 e. The van der Waals surface area contributed by atoms with Crippen LogP contribution in [0.2, 0.25) is 25.7 Å². The molecule has 0 saturated heterocycles. The molecule has 0 spiro atoms. The molecule has 0 saturated carbocycles. The zero-order valence-electron chi connectivity index (χ0n) is 35.3. The summed E-state index contributed by atoms with van der Waals surface area (Å²) >= 11 is 1.27. The van der Waals surface area contributed by atoms with Crippen molar-refractivity contribution < 1.29 is 43.0 Å². The third-order valence-corrected chi connectivity index (χ3v) is 10.8. The lowest BCUT2D eigenvalue weighted by Gasteiger charge is -2.24. The van der Waals surface area contributed by atoms with E-state index in [1.807, 2.05) is 0 Å². The van der Waals surface area contributed by atoms with E-state index in [0.29, 0.717) is 24.2 Å². The Morgan fingerprint density at radius 1 is 0.982 bits per heavy atom. The van der Waals surface area contributed by atoms with Crippen LogP contribution in [0.25, 0.3) is 0 Å². The summed E-state index contributed by atoms with van der Waals surface area (Å²) in [6.45, 7) is 19.4. The summed E-state index contributed by atoms with van der Waals surface area (Å²) < 4.78 is 16.5. The van der Waals surface area contributed by atoms with Crippen molar-refractivity contribution in [3.05, 3.63) is 59.3 Å². The van der Waals surface area contributed by atoms with Crippen molar-refractivity contribution in [1.29, 1.82) is 0 Å². The van der Waals surface area contributed by atoms with Crippen LogP contribution >= 0.6 is 11.8 Å². The predicted molar refractivity (Wildman–Crippen MR) is 226 cm³/mol. The van der Waals surface area contributed by atoms with Gasteiger partial charge in [0, 0.05) is 32.4 Å². The number of amides is 3. The summed E-state index contributed by atoms with van der Waals surface area (Å²) in [5, 5.41) is 8.08. The Hall–Kier alpha value is -3.91. The van der Waals surface area contributed by atoms with Gasteiger partial charge >= 0.3 is 18.0 Å². The first-order valence-corrected chi connectivity index (χ1v) is 24.5. The Balaban J connectivity index is 2.95. The van der Waals surface area contributed by atoms with E-state index in [2.05, 4.69) is 42.5 Å². The van der Waals surface area contributed by atoms with Crippen molar-refractivity contribution >= 4 is 54.8 Å². The highest BCUT2D eigenvalue weighted by Gasteiger charge is 2.30. The lowest BCUT2D eigenvalue weighted by molar-refractivity contribution is -0.156. The number of carbonyl (C=O) groups is 6. The first-order chi connectivity index (χ1) is 26.2. The van der Waals surface area contributed by atoms with E-state index >= 15 is 0 Å². The van der Waals surface area contributed by atoms with Crippen LogP contribution in [-0.2, 0) is 39.9 Å². The van der Waals surface area contributed by atoms with Crippen molar-refractivity contribution in [3.8, 4) is 0 Å². The number of ether oxygens (including phenoxy) is 3. The third kappa shape index (κ3) is 23.2. The summed E-state index contributed by atoms with van der Waals surface area (Å²) in [5.74, 6) is -2.39. The van der Waals surface area contributed by atoms with Crippen LogP contribution in [0.3, 0.4) is 0 Å². The Kier molecular flexibility index (Phi) is 23.3. The number of rotatable bonds is 24. The van der Waals surface area contributed by atoms with Gasteiger partial charge in [-0.3, -0.25) is 19.2 Å². The van der Waals surface area contributed by atoms with Gasteiger partial charge in [-0.15, -0.1) is 0 Å². The number of nitrogens with one attached hydrogen (secondary N) is 3. The molecule has 0 radical (unpaired) electrons. The van der Waals surface area contributed by atoms with Crippen molar-refractivity contribution in [2.75, 3.05) is 12.4 Å². The zero-order chi connectivity index (χ0) is 42.3. The second-order valence-corrected chi connectivity index (χ2v) is 23.0. The summed E-state index contributed by atoms with van der Waals surface area (Å²) in [6.07, 6.45) is 9.56. The smallest absolute Gasteiger partial charge is 0.407 e. The van der Waals surface area contributed by atoms with Gasteiger partial charge in [0.1, 0.15) is 23.4 Å². The van der Waals surface area contributed by atoms with E-state index < -0.39 is 61.6 Å². The van der Waals surface area contributed by atoms with E-state index in [0.717, 1.165) is 31.7 Å². The maximum absolute atomic E-state index is 13.6. The molecule has 3 N–H and O–H groups in total. The van der Waals surface area contributed by atoms with Crippen LogP contribution in [0.1, 0.15) is 116 Å². The molecule has 3 amide bonds. The Labute approximate surface area is 340 Å². The Bertz CT molecular complexity index is 1500. The number of carbonyl (C=O) groups excluding carboxylic acids is 6. The number of hydrogen-bond donors (Lipinski definition) is 3. The Morgan fingerprint density at radius 2 is 1.68 bits per heavy atom. The van der Waals surface area contributed by atoms with E-state index in [1.54, 1.807) is 78.0 Å². The summed E-state index contributed by atoms with van der Waals surface area (Å²) in [4.78, 5) is 77.3. The highest BCUT2D eigenvalue weighted by atomic mass is 32.2. The van der Waals surface area contributed by atoms with Crippen LogP contribution in [0, 0.1) is 5.92 Å². The molecule has 2 atom stereocenters. The van der Waals surface area contributed by atoms with Crippen molar-refractivity contribution in [2.45, 2.75) is 150 Å². The highest BCUT2D eigenvalue weighted by molar-refractivity contribution is 8.13. The van der Waals surface area contributed by atoms with Gasteiger partial charge in [-0.2, -0.15) is 0 Å². The maximum Gasteiger partial charge on any atom is 0.407 e. The van der Waals surface area contributed by atoms with Crippen LogP contribution in [-0.4, -0.2) is 73.1 Å². The molecule has 0 heterocycles. The monoisotopic (exact) mass is 817 g/mol. The molecule has 0 aliphatic rings. The molecule has 1 aromatic rings. The number of esters is 2. The molecule has 1 rings (SSSR count). The number of unbranched alkanes of at least 4 members (excludes halogenated alkanes) is 4. The minimum Gasteiger partial charge on any atom is -0.466 e. The molecule has 14 heteroatoms. The summed E-state index contributed by atoms with van der Waals surface area (Å²) in [6, 6.07) is 6.24. The van der Waals surface area contributed by atoms with Crippen molar-refractivity contribution in [2.24, 2.45) is 5.92 Å². The molecule has 0 aliphatic heterocycles. The van der Waals surface area contributed by atoms with Gasteiger partial charge < -0.3 is 30.2 Å². The molecule has 0 bridgehead atoms. The third-order valence-electron chi connectivity index (χ3n) is 8.15. The number of thioether (sulfide) groups is 1. The highest BCUT2D eigenvalue weighted by Crippen LogP contribution is 2.16. The SMILES string of the molecule is CC=C(NC(=O)c1cccc(CNC(=O)OC(C)(C)C)c1)C(=O)N[C@H](C(=O)O[C@H](C=CCCSC(=O)CCCCCCC)CC(=O)OCC[Si](C)(C)C)C(C)C. The van der Waals surface area contributed by atoms with E-state index in [4.69, 9.17) is 14.2 Å². The quantitative estimate of drug-likeness (QED) is 0.0231. The first-order valence-electron chi connectivity index (χ1n) is 19.8. The number of alkyl carbamates (subject to hydrolysis) is 1. The second-order valence-electron chi connectivity index (χ2n) is 16.2. The molecule has 314 valence electrons. The fraction of sp³-hybridized carbons (Fsp3) is 0.619. The molecule has 0 fully saturated rings. The van der Waals surface area contributed by atoms with Gasteiger partial charge in [0.15, 0.2) is 5.12 Å². The molecule has 0 aromatic heterocycles. The second kappa shape index (κ2) is 26.1. The van der Waals surface area contributed by atoms with Gasteiger partial charge in [0.25, 0.3) is 11.8 Å². The standard InChI is InChI=1S/C42H67N3O9SSi/c1-11-13-14-15-16-23-36(47)55-25-18-17-22-33(28-35(46)52-24-26-56(8,9)10)53-40(50)37(30(3)4)45-39(49)34(12-2)44-38(48)32-21-19-20-31(27-32)29-43-41(51)54-42(5,6)7/h12,17,19-22,27,30,33,37H,11,13-16,18,23-26,28-29H2,1-10H3,(H,43,51)(H,44,48)(H,45,49)/t33-,37+/m1/s1. The predicted octanol–water partition coefficient (Wildman–Crippen LogP) is 8.24. The molecule has 56 heavy (non-hydrogen) atoms. The van der Waals surface area contributed by atoms with Crippen molar-refractivity contribution in [1.82, 2.24) is 16.0 Å². The van der Waals surface area contributed by atoms with Crippen LogP contribution in [0.15, 0.2) is 48.2 Å². The van der Waals surface area contributed by atoms with Gasteiger partial charge in [0.2, 0.25) is 0 Å². The molecular formula is C42H67N3O9SSi. The number of benzene rings is 1. The fourth-order valence-corrected chi connectivity index (χ4v) is 6.47. The van der Waals surface area contributed by atoms with Gasteiger partial charge in [0.05, 0.1) is 13.0 Å². The summed E-state index contributed by atoms with van der Waals surface area (Å²) in [5.41, 5.74) is 0.148. The number of hydrogen-bond acceptors (Lipinski definition) is 10. The Morgan fingerprint density at radius 3 is 2.30 bits per heavy atom. The average Bonchev–Trinajstić information content (AvgIpc) is 3.10. The minimum atomic E-state index is -1.44. The van der Waals surface area contributed by atoms with Gasteiger partial charge in [-0.05, 0) is 76.3 Å². The maximum atomic E-state index is 13.6. The lowest BCUT2D eigenvalue weighted by Crippen LogP contribution is -2.48. The lowest BCUT2D eigenvalue weighted by atomic mass is 10.0. The average molecular weight is 818 g/mol. The molecule has 0 aliphatic carbocycles. The fourth-order valence-electron chi connectivity index (χ4n) is 4.98. The van der Waals surface area contributed by atoms with E-state index in [9.17, 15) is 28.8 Å². The van der Waals surface area contributed by atoms with E-state index in [-0.39, 0.29) is 35.9 Å². The van der Waals surface area contributed by atoms with Crippen LogP contribution < -0.4 is 16.0 Å². The zero-order valence-corrected chi connectivity index (χ0v) is 37.2. The first kappa shape index (κ1) is 50.1. The molecule has 0 unspecified atom stereocenters. The topological polar surface area (TPSA) is 166 Å². The van der Waals surface area contributed by atoms with Crippen molar-refractivity contribution in [3.63, 3.8) is 0 Å². The normalized spacial score (nSPS) is 13.2. The molecule has 12 nitrogen and oxygen atoms in total. The van der Waals surface area contributed by atoms with Crippen LogP contribution in [0.5, 0.6) is 0 Å². The summed E-state index contributed by atoms with van der Waals surface area (Å²) in [7, 11) is -1.44. The van der Waals surface area contributed by atoms with Crippen LogP contribution in [0.4, 0.5) is 4.79 Å². The van der Waals surface area contributed by atoms with Gasteiger partial charge in [-0.25, -0.2) is 9.59 Å². The van der Waals surface area contributed by atoms with Gasteiger partial charge in [-0.1, -0.05) is 102 Å². The number of allylic oxidation sites excluding steroid dienone is 2. The molecule has 1 aromatic carbocycles.